The van der Waals surface area contributed by atoms with Crippen molar-refractivity contribution >= 4 is 6.16 Å². The van der Waals surface area contributed by atoms with Crippen molar-refractivity contribution in [1.82, 2.24) is 0 Å². The van der Waals surface area contributed by atoms with Gasteiger partial charge in [-0.15, -0.1) is 0 Å². The Morgan fingerprint density at radius 2 is 1.77 bits per heavy atom. The van der Waals surface area contributed by atoms with Crippen LogP contribution in [0.1, 0.15) is 70.3 Å². The van der Waals surface area contributed by atoms with Crippen molar-refractivity contribution < 1.29 is 24.1 Å². The molecule has 1 aliphatic carbocycles. The Morgan fingerprint density at radius 1 is 1.12 bits per heavy atom. The second-order valence-corrected chi connectivity index (χ2v) is 7.09. The third kappa shape index (κ3) is 6.20. The molecule has 0 heterocycles. The fourth-order valence-corrected chi connectivity index (χ4v) is 3.41. The van der Waals surface area contributed by atoms with Crippen molar-refractivity contribution in [3.63, 3.8) is 0 Å². The van der Waals surface area contributed by atoms with E-state index in [2.05, 4.69) is 6.92 Å². The van der Waals surface area contributed by atoms with Gasteiger partial charge in [-0.2, -0.15) is 0 Å². The highest BCUT2D eigenvalue weighted by atomic mass is 16.7. The number of rotatable bonds is 9. The second kappa shape index (κ2) is 10.4. The Balaban J connectivity index is 1.69. The molecule has 1 aromatic carbocycles. The van der Waals surface area contributed by atoms with E-state index in [1.165, 1.54) is 19.3 Å². The van der Waals surface area contributed by atoms with Crippen LogP contribution in [0.3, 0.4) is 0 Å². The smallest absolute Gasteiger partial charge is 0.497 e. The van der Waals surface area contributed by atoms with Crippen LogP contribution in [0.2, 0.25) is 0 Å². The van der Waals surface area contributed by atoms with E-state index < -0.39 is 11.8 Å². The molecule has 0 amide bonds. The van der Waals surface area contributed by atoms with Crippen molar-refractivity contribution in [2.24, 2.45) is 0 Å². The molecule has 1 aliphatic rings. The molecule has 0 unspecified atom stereocenters. The quantitative estimate of drug-likeness (QED) is 0.496. The Hall–Kier alpha value is -1.75. The molecule has 0 saturated heterocycles. The Morgan fingerprint density at radius 3 is 2.38 bits per heavy atom. The molecule has 0 atom stereocenters. The molecule has 0 aliphatic heterocycles. The van der Waals surface area contributed by atoms with Crippen LogP contribution in [-0.2, 0) is 15.1 Å². The fraction of sp³-hybridized carbons (Fsp3) is 0.667. The minimum absolute atomic E-state index is 0.180. The van der Waals surface area contributed by atoms with Crippen molar-refractivity contribution in [1.29, 1.82) is 0 Å². The molecule has 0 radical (unpaired) electrons. The number of hydrogen-bond donors (Lipinski definition) is 1. The van der Waals surface area contributed by atoms with E-state index in [1.54, 1.807) is 7.11 Å². The van der Waals surface area contributed by atoms with Crippen molar-refractivity contribution in [3.05, 3.63) is 29.8 Å². The van der Waals surface area contributed by atoms with Crippen LogP contribution in [0.5, 0.6) is 5.75 Å². The van der Waals surface area contributed by atoms with E-state index in [0.29, 0.717) is 32.3 Å². The van der Waals surface area contributed by atoms with Crippen molar-refractivity contribution in [3.8, 4) is 5.75 Å². The van der Waals surface area contributed by atoms with Gasteiger partial charge >= 0.3 is 6.16 Å². The first-order chi connectivity index (χ1) is 12.6. The number of carbonyl (C=O) groups excluding carboxylic acids is 1. The first-order valence-electron chi connectivity index (χ1n) is 9.77. The molecule has 1 aromatic rings. The molecule has 2 rings (SSSR count). The zero-order valence-corrected chi connectivity index (χ0v) is 16.0. The lowest BCUT2D eigenvalue weighted by atomic mass is 9.78. The maximum Gasteiger partial charge on any atom is 0.508 e. The molecule has 0 aromatic heterocycles. The first-order valence-corrected chi connectivity index (χ1v) is 9.77. The highest BCUT2D eigenvalue weighted by Crippen LogP contribution is 2.38. The van der Waals surface area contributed by atoms with E-state index in [0.717, 1.165) is 24.2 Å². The Bertz CT molecular complexity index is 532. The van der Waals surface area contributed by atoms with Crippen LogP contribution in [0.4, 0.5) is 4.79 Å². The van der Waals surface area contributed by atoms with Crippen LogP contribution in [0.15, 0.2) is 24.3 Å². The molecule has 0 bridgehead atoms. The van der Waals surface area contributed by atoms with Crippen LogP contribution < -0.4 is 4.74 Å². The number of methoxy groups -OCH3 is 1. The Labute approximate surface area is 156 Å². The summed E-state index contributed by atoms with van der Waals surface area (Å²) >= 11 is 0. The van der Waals surface area contributed by atoms with E-state index in [4.69, 9.17) is 14.2 Å². The van der Waals surface area contributed by atoms with E-state index >= 15 is 0 Å². The minimum atomic E-state index is -0.866. The largest absolute Gasteiger partial charge is 0.508 e. The number of hydrogen-bond acceptors (Lipinski definition) is 5. The molecule has 146 valence electrons. The van der Waals surface area contributed by atoms with Gasteiger partial charge in [-0.3, -0.25) is 0 Å². The van der Waals surface area contributed by atoms with Gasteiger partial charge in [-0.05, 0) is 49.8 Å². The standard InChI is InChI=1S/C21H32O5/c1-3-4-5-6-7-16-25-20(22)26-19-12-14-21(23,15-13-19)17-8-10-18(24-2)11-9-17/h8-11,19,23H,3-7,12-16H2,1-2H3. The Kier molecular flexibility index (Phi) is 8.23. The summed E-state index contributed by atoms with van der Waals surface area (Å²) in [6, 6.07) is 7.50. The first kappa shape index (κ1) is 20.6. The summed E-state index contributed by atoms with van der Waals surface area (Å²) in [4.78, 5) is 11.8. The summed E-state index contributed by atoms with van der Waals surface area (Å²) in [7, 11) is 1.62. The van der Waals surface area contributed by atoms with E-state index in [-0.39, 0.29) is 6.10 Å². The van der Waals surface area contributed by atoms with Gasteiger partial charge in [0.25, 0.3) is 0 Å². The topological polar surface area (TPSA) is 65.0 Å². The third-order valence-electron chi connectivity index (χ3n) is 5.12. The third-order valence-corrected chi connectivity index (χ3v) is 5.12. The number of unbranched alkanes of at least 4 members (excludes halogenated alkanes) is 4. The fourth-order valence-electron chi connectivity index (χ4n) is 3.41. The van der Waals surface area contributed by atoms with Crippen LogP contribution in [0.25, 0.3) is 0 Å². The lowest BCUT2D eigenvalue weighted by molar-refractivity contribution is -0.0538. The maximum atomic E-state index is 11.8. The molecule has 1 fully saturated rings. The van der Waals surface area contributed by atoms with Crippen LogP contribution in [0, 0.1) is 0 Å². The lowest BCUT2D eigenvalue weighted by Gasteiger charge is -2.36. The zero-order valence-electron chi connectivity index (χ0n) is 16.0. The highest BCUT2D eigenvalue weighted by Gasteiger charge is 2.36. The summed E-state index contributed by atoms with van der Waals surface area (Å²) in [5, 5.41) is 10.9. The number of benzene rings is 1. The van der Waals surface area contributed by atoms with Gasteiger partial charge in [-0.1, -0.05) is 44.7 Å². The van der Waals surface area contributed by atoms with E-state index in [9.17, 15) is 9.90 Å². The zero-order chi connectivity index (χ0) is 18.8. The van der Waals surface area contributed by atoms with Gasteiger partial charge in [0.15, 0.2) is 0 Å². The molecular weight excluding hydrogens is 332 g/mol. The highest BCUT2D eigenvalue weighted by molar-refractivity contribution is 5.60. The van der Waals surface area contributed by atoms with Gasteiger partial charge in [-0.25, -0.2) is 4.79 Å². The maximum absolute atomic E-state index is 11.8. The SMILES string of the molecule is CCCCCCCOC(=O)OC1CCC(O)(c2ccc(OC)cc2)CC1. The summed E-state index contributed by atoms with van der Waals surface area (Å²) in [5.41, 5.74) is 0.0152. The molecule has 5 heteroatoms. The van der Waals surface area contributed by atoms with Gasteiger partial charge in [0, 0.05) is 0 Å². The molecule has 5 nitrogen and oxygen atoms in total. The predicted molar refractivity (Wildman–Crippen MR) is 100 cm³/mol. The van der Waals surface area contributed by atoms with Crippen LogP contribution in [-0.4, -0.2) is 31.1 Å². The molecule has 0 spiro atoms. The van der Waals surface area contributed by atoms with Gasteiger partial charge in [0.05, 0.1) is 19.3 Å². The predicted octanol–water partition coefficient (Wildman–Crippen LogP) is 4.95. The average Bonchev–Trinajstić information content (AvgIpc) is 2.66. The number of aliphatic hydroxyl groups is 1. The van der Waals surface area contributed by atoms with Gasteiger partial charge in [0.1, 0.15) is 11.9 Å². The average molecular weight is 364 g/mol. The van der Waals surface area contributed by atoms with Crippen molar-refractivity contribution in [2.45, 2.75) is 76.4 Å². The lowest BCUT2D eigenvalue weighted by Crippen LogP contribution is -2.35. The van der Waals surface area contributed by atoms with Crippen molar-refractivity contribution in [2.75, 3.05) is 13.7 Å². The minimum Gasteiger partial charge on any atom is -0.497 e. The summed E-state index contributed by atoms with van der Waals surface area (Å²) in [5.74, 6) is 0.770. The van der Waals surface area contributed by atoms with E-state index in [1.807, 2.05) is 24.3 Å². The molecule has 1 saturated carbocycles. The summed E-state index contributed by atoms with van der Waals surface area (Å²) in [6.45, 7) is 2.60. The number of carbonyl (C=O) groups is 1. The van der Waals surface area contributed by atoms with Gasteiger partial charge < -0.3 is 19.3 Å². The second-order valence-electron chi connectivity index (χ2n) is 7.09. The summed E-state index contributed by atoms with van der Waals surface area (Å²) < 4.78 is 15.7. The molecule has 1 N–H and O–H groups in total. The monoisotopic (exact) mass is 364 g/mol. The molecular formula is C21H32O5. The van der Waals surface area contributed by atoms with Crippen LogP contribution >= 0.6 is 0 Å². The van der Waals surface area contributed by atoms with Gasteiger partial charge in [0.2, 0.25) is 0 Å². The summed E-state index contributed by atoms with van der Waals surface area (Å²) in [6.07, 6.45) is 7.21. The number of ether oxygens (including phenoxy) is 3. The molecule has 26 heavy (non-hydrogen) atoms. The normalized spacial score (nSPS) is 22.7.